The van der Waals surface area contributed by atoms with Crippen LogP contribution in [0.15, 0.2) is 48.5 Å². The molecule has 1 fully saturated rings. The molecule has 4 rings (SSSR count). The summed E-state index contributed by atoms with van der Waals surface area (Å²) in [6.07, 6.45) is 4.05. The number of rotatable bonds is 7. The fourth-order valence-corrected chi connectivity index (χ4v) is 4.88. The number of ether oxygens (including phenoxy) is 1. The lowest BCUT2D eigenvalue weighted by Gasteiger charge is -2.39. The molecule has 168 valence electrons. The van der Waals surface area contributed by atoms with Crippen molar-refractivity contribution in [1.29, 1.82) is 0 Å². The highest BCUT2D eigenvalue weighted by Gasteiger charge is 2.59. The van der Waals surface area contributed by atoms with Gasteiger partial charge in [0.05, 0.1) is 6.61 Å². The largest absolute Gasteiger partial charge is 0.480 e. The van der Waals surface area contributed by atoms with Gasteiger partial charge in [0.25, 0.3) is 0 Å². The molecular weight excluding hydrogens is 432 g/mol. The monoisotopic (exact) mass is 456 g/mol. The van der Waals surface area contributed by atoms with E-state index in [4.69, 9.17) is 26.6 Å². The molecule has 2 aliphatic heterocycles. The molecule has 2 aromatic carbocycles. The lowest BCUT2D eigenvalue weighted by Crippen LogP contribution is -2.51. The van der Waals surface area contributed by atoms with E-state index >= 15 is 0 Å². The summed E-state index contributed by atoms with van der Waals surface area (Å²) in [7, 11) is 0. The number of hydrogen-bond acceptors (Lipinski definition) is 5. The highest BCUT2D eigenvalue weighted by Crippen LogP contribution is 2.55. The third kappa shape index (κ3) is 3.72. The van der Waals surface area contributed by atoms with E-state index < -0.39 is 17.7 Å². The van der Waals surface area contributed by atoms with Gasteiger partial charge in [-0.15, -0.1) is 0 Å². The zero-order valence-electron chi connectivity index (χ0n) is 17.9. The summed E-state index contributed by atoms with van der Waals surface area (Å²) in [6.45, 7) is 4.92. The van der Waals surface area contributed by atoms with E-state index in [-0.39, 0.29) is 18.5 Å². The molecule has 8 heteroatoms. The maximum atomic E-state index is 11.1. The number of fused-ring (bicyclic) bond motifs is 3. The number of carboxylic acid groups (broad SMARTS) is 2. The average Bonchev–Trinajstić information content (AvgIpc) is 3.23. The lowest BCUT2D eigenvalue weighted by molar-refractivity contribution is -0.136. The van der Waals surface area contributed by atoms with E-state index in [1.807, 2.05) is 36.4 Å². The van der Waals surface area contributed by atoms with Crippen molar-refractivity contribution in [3.63, 3.8) is 0 Å². The van der Waals surface area contributed by atoms with Gasteiger partial charge in [0, 0.05) is 28.4 Å². The van der Waals surface area contributed by atoms with Crippen LogP contribution in [-0.4, -0.2) is 54.1 Å². The molecule has 1 atom stereocenters. The van der Waals surface area contributed by atoms with Gasteiger partial charge in [-0.2, -0.15) is 0 Å². The van der Waals surface area contributed by atoms with Crippen LogP contribution >= 0.6 is 11.6 Å². The molecule has 0 saturated carbocycles. The van der Waals surface area contributed by atoms with Crippen molar-refractivity contribution in [2.75, 3.05) is 36.0 Å². The summed E-state index contributed by atoms with van der Waals surface area (Å²) in [5.74, 6) is -2.17. The number of hydrogen-bond donors (Lipinski definition) is 2. The Morgan fingerprint density at radius 2 is 1.78 bits per heavy atom. The van der Waals surface area contributed by atoms with E-state index in [2.05, 4.69) is 24.8 Å². The van der Waals surface area contributed by atoms with Crippen LogP contribution in [0, 0.1) is 0 Å². The molecule has 32 heavy (non-hydrogen) atoms. The summed E-state index contributed by atoms with van der Waals surface area (Å²) in [5.41, 5.74) is 2.72. The van der Waals surface area contributed by atoms with Crippen molar-refractivity contribution in [2.24, 2.45) is 0 Å². The second-order valence-electron chi connectivity index (χ2n) is 8.55. The molecule has 2 heterocycles. The maximum absolute atomic E-state index is 11.1. The molecule has 0 amide bonds. The number of aliphatic carboxylic acids is 2. The smallest absolute Gasteiger partial charge is 0.323 e. The molecule has 1 saturated heterocycles. The van der Waals surface area contributed by atoms with Crippen LogP contribution in [0.1, 0.15) is 25.0 Å². The predicted molar refractivity (Wildman–Crippen MR) is 123 cm³/mol. The van der Waals surface area contributed by atoms with Gasteiger partial charge in [0.2, 0.25) is 0 Å². The maximum Gasteiger partial charge on any atom is 0.323 e. The van der Waals surface area contributed by atoms with Gasteiger partial charge in [0.15, 0.2) is 5.72 Å². The molecule has 2 aromatic rings. The number of carbonyl (C=O) groups is 2. The molecular formula is C24H25ClN2O5. The topological polar surface area (TPSA) is 90.3 Å². The molecule has 0 spiro atoms. The second kappa shape index (κ2) is 8.15. The molecule has 1 unspecified atom stereocenters. The number of halogens is 1. The van der Waals surface area contributed by atoms with Gasteiger partial charge in [-0.05, 0) is 47.5 Å². The summed E-state index contributed by atoms with van der Waals surface area (Å²) < 4.78 is 6.33. The molecule has 0 radical (unpaired) electrons. The van der Waals surface area contributed by atoms with Gasteiger partial charge in [-0.1, -0.05) is 43.7 Å². The molecule has 0 aliphatic carbocycles. The summed E-state index contributed by atoms with van der Waals surface area (Å²) in [6, 6.07) is 13.1. The van der Waals surface area contributed by atoms with Crippen molar-refractivity contribution < 1.29 is 24.5 Å². The molecule has 2 N–H and O–H groups in total. The Kier molecular flexibility index (Phi) is 5.65. The van der Waals surface area contributed by atoms with Crippen molar-refractivity contribution in [2.45, 2.75) is 25.0 Å². The van der Waals surface area contributed by atoms with Crippen molar-refractivity contribution in [3.8, 4) is 0 Å². The van der Waals surface area contributed by atoms with Gasteiger partial charge in [-0.3, -0.25) is 9.59 Å². The van der Waals surface area contributed by atoms with Gasteiger partial charge < -0.3 is 24.7 Å². The highest BCUT2D eigenvalue weighted by molar-refractivity contribution is 6.30. The quantitative estimate of drug-likeness (QED) is 0.653. The second-order valence-corrected chi connectivity index (χ2v) is 8.99. The van der Waals surface area contributed by atoms with Gasteiger partial charge in [-0.25, -0.2) is 0 Å². The van der Waals surface area contributed by atoms with E-state index in [0.717, 1.165) is 23.4 Å². The molecule has 0 aromatic heterocycles. The zero-order valence-corrected chi connectivity index (χ0v) is 18.7. The Morgan fingerprint density at radius 3 is 2.41 bits per heavy atom. The van der Waals surface area contributed by atoms with Gasteiger partial charge >= 0.3 is 11.9 Å². The van der Waals surface area contributed by atoms with Crippen LogP contribution in [0.25, 0.3) is 6.08 Å². The first kappa shape index (κ1) is 22.2. The molecule has 2 aliphatic rings. The fourth-order valence-electron chi connectivity index (χ4n) is 4.71. The Labute approximate surface area is 191 Å². The highest BCUT2D eigenvalue weighted by atomic mass is 35.5. The standard InChI is InChI=1S/C24H25ClN2O5/c1-23(2)19-13-17(25)5-8-20(19)27-11-12-32-24(23,27)10-9-16-3-6-18(7-4-16)26(14-21(28)29)15-22(30)31/h3-10,13H,11-12,14-15H2,1-2H3,(H,28,29)(H,30,31)/b10-9-. The fraction of sp³-hybridized carbons (Fsp3) is 0.333. The SMILES string of the molecule is CC1(C)c2cc(Cl)ccc2N2CCOC21/C=C\c1ccc(N(CC(=O)O)CC(=O)O)cc1. The van der Waals surface area contributed by atoms with Crippen LogP contribution < -0.4 is 9.80 Å². The summed E-state index contributed by atoms with van der Waals surface area (Å²) >= 11 is 6.27. The van der Waals surface area contributed by atoms with E-state index in [9.17, 15) is 9.59 Å². The summed E-state index contributed by atoms with van der Waals surface area (Å²) in [5, 5.41) is 18.8. The Hall–Kier alpha value is -3.03. The number of nitrogens with zero attached hydrogens (tertiary/aromatic N) is 2. The Bertz CT molecular complexity index is 1070. The zero-order chi connectivity index (χ0) is 23.1. The normalized spacial score (nSPS) is 20.9. The Morgan fingerprint density at radius 1 is 1.12 bits per heavy atom. The predicted octanol–water partition coefficient (Wildman–Crippen LogP) is 3.85. The number of anilines is 2. The van der Waals surface area contributed by atoms with Crippen molar-refractivity contribution >= 4 is 41.0 Å². The number of carboxylic acids is 2. The van der Waals surface area contributed by atoms with E-state index in [1.165, 1.54) is 4.90 Å². The summed E-state index contributed by atoms with van der Waals surface area (Å²) in [4.78, 5) is 25.8. The number of benzene rings is 2. The van der Waals surface area contributed by atoms with Crippen LogP contribution in [0.2, 0.25) is 5.02 Å². The van der Waals surface area contributed by atoms with Crippen LogP contribution in [-0.2, 0) is 19.7 Å². The first-order valence-corrected chi connectivity index (χ1v) is 10.7. The van der Waals surface area contributed by atoms with Gasteiger partial charge in [0.1, 0.15) is 13.1 Å². The Balaban J connectivity index is 1.61. The first-order chi connectivity index (χ1) is 15.1. The minimum absolute atomic E-state index is 0.333. The van der Waals surface area contributed by atoms with E-state index in [1.54, 1.807) is 12.1 Å². The lowest BCUT2D eigenvalue weighted by atomic mass is 9.77. The minimum Gasteiger partial charge on any atom is -0.480 e. The first-order valence-electron chi connectivity index (χ1n) is 10.3. The molecule has 0 bridgehead atoms. The van der Waals surface area contributed by atoms with Crippen LogP contribution in [0.3, 0.4) is 0 Å². The van der Waals surface area contributed by atoms with Crippen LogP contribution in [0.5, 0.6) is 0 Å². The van der Waals surface area contributed by atoms with Crippen molar-refractivity contribution in [1.82, 2.24) is 0 Å². The third-order valence-electron chi connectivity index (χ3n) is 6.27. The molecule has 7 nitrogen and oxygen atoms in total. The minimum atomic E-state index is -1.09. The third-order valence-corrected chi connectivity index (χ3v) is 6.50. The average molecular weight is 457 g/mol. The van der Waals surface area contributed by atoms with E-state index in [0.29, 0.717) is 17.3 Å². The van der Waals surface area contributed by atoms with Crippen molar-refractivity contribution in [3.05, 3.63) is 64.7 Å². The van der Waals surface area contributed by atoms with Crippen LogP contribution in [0.4, 0.5) is 11.4 Å².